The maximum Gasteiger partial charge on any atom is 0.288 e. The topological polar surface area (TPSA) is 70.7 Å². The Morgan fingerprint density at radius 1 is 1.28 bits per heavy atom. The molecule has 0 aliphatic rings. The first-order chi connectivity index (χ1) is 12.1. The van der Waals surface area contributed by atoms with Gasteiger partial charge in [-0.25, -0.2) is 4.98 Å². The normalized spacial score (nSPS) is 11.0. The van der Waals surface area contributed by atoms with Gasteiger partial charge in [-0.2, -0.15) is 8.78 Å². The Bertz CT molecular complexity index is 839. The third-order valence-corrected chi connectivity index (χ3v) is 5.44. The summed E-state index contributed by atoms with van der Waals surface area (Å²) in [6, 6.07) is 10.3. The Balaban J connectivity index is 1.57. The minimum absolute atomic E-state index is 0.0788. The molecule has 0 fully saturated rings. The molecule has 0 spiro atoms. The van der Waals surface area contributed by atoms with Crippen molar-refractivity contribution in [3.8, 4) is 10.7 Å². The number of H-pyrrole nitrogens is 1. The fourth-order valence-corrected chi connectivity index (χ4v) is 3.78. The maximum atomic E-state index is 12.6. The van der Waals surface area contributed by atoms with Gasteiger partial charge in [-0.15, -0.1) is 16.4 Å². The lowest BCUT2D eigenvalue weighted by Crippen LogP contribution is -2.14. The molecule has 0 radical (unpaired) electrons. The quantitative estimate of drug-likeness (QED) is 0.570. The summed E-state index contributed by atoms with van der Waals surface area (Å²) in [6.07, 6.45) is 0. The third kappa shape index (κ3) is 5.03. The highest BCUT2D eigenvalue weighted by atomic mass is 32.2. The van der Waals surface area contributed by atoms with Gasteiger partial charge in [0, 0.05) is 4.90 Å². The van der Waals surface area contributed by atoms with Gasteiger partial charge in [-0.1, -0.05) is 41.7 Å². The van der Waals surface area contributed by atoms with Crippen LogP contribution in [0.1, 0.15) is 0 Å². The second-order valence-electron chi connectivity index (χ2n) is 4.66. The SMILES string of the molecule is O=C(CSc1n[nH]c(-c2cccs2)n1)Nc1ccccc1SC(F)F. The largest absolute Gasteiger partial charge is 0.324 e. The van der Waals surface area contributed by atoms with Crippen LogP contribution < -0.4 is 5.32 Å². The van der Waals surface area contributed by atoms with Crippen molar-refractivity contribution in [2.24, 2.45) is 0 Å². The van der Waals surface area contributed by atoms with Gasteiger partial charge < -0.3 is 5.32 Å². The molecule has 0 saturated heterocycles. The summed E-state index contributed by atoms with van der Waals surface area (Å²) in [5.74, 6) is -2.13. The molecule has 10 heteroatoms. The van der Waals surface area contributed by atoms with Gasteiger partial charge in [-0.05, 0) is 23.6 Å². The first-order valence-corrected chi connectivity index (χ1v) is 9.79. The molecular weight excluding hydrogens is 386 g/mol. The van der Waals surface area contributed by atoms with Crippen LogP contribution in [0.2, 0.25) is 0 Å². The zero-order chi connectivity index (χ0) is 17.6. The van der Waals surface area contributed by atoms with Crippen molar-refractivity contribution >= 4 is 46.5 Å². The van der Waals surface area contributed by atoms with Crippen LogP contribution in [0.3, 0.4) is 0 Å². The van der Waals surface area contributed by atoms with Crippen LogP contribution in [0.25, 0.3) is 10.7 Å². The second kappa shape index (κ2) is 8.45. The van der Waals surface area contributed by atoms with E-state index in [9.17, 15) is 13.6 Å². The minimum Gasteiger partial charge on any atom is -0.324 e. The first-order valence-electron chi connectivity index (χ1n) is 7.04. The highest BCUT2D eigenvalue weighted by Gasteiger charge is 2.13. The molecule has 5 nitrogen and oxygen atoms in total. The average Bonchev–Trinajstić information content (AvgIpc) is 3.25. The number of hydrogen-bond donors (Lipinski definition) is 2. The van der Waals surface area contributed by atoms with Crippen molar-refractivity contribution in [1.29, 1.82) is 0 Å². The predicted molar refractivity (Wildman–Crippen MR) is 97.4 cm³/mol. The fraction of sp³-hybridized carbons (Fsp3) is 0.133. The molecule has 3 rings (SSSR count). The van der Waals surface area contributed by atoms with E-state index in [0.29, 0.717) is 33.3 Å². The first kappa shape index (κ1) is 17.9. The summed E-state index contributed by atoms with van der Waals surface area (Å²) >= 11 is 3.11. The van der Waals surface area contributed by atoms with Crippen molar-refractivity contribution in [2.45, 2.75) is 15.8 Å². The number of alkyl halides is 2. The Labute approximate surface area is 154 Å². The number of nitrogens with zero attached hydrogens (tertiary/aromatic N) is 2. The zero-order valence-electron chi connectivity index (χ0n) is 12.6. The van der Waals surface area contributed by atoms with Crippen molar-refractivity contribution in [3.05, 3.63) is 41.8 Å². The molecule has 0 bridgehead atoms. The summed E-state index contributed by atoms with van der Waals surface area (Å²) < 4.78 is 25.1. The van der Waals surface area contributed by atoms with Crippen molar-refractivity contribution in [2.75, 3.05) is 11.1 Å². The summed E-state index contributed by atoms with van der Waals surface area (Å²) in [5, 5.41) is 11.9. The monoisotopic (exact) mass is 398 g/mol. The van der Waals surface area contributed by atoms with Gasteiger partial charge >= 0.3 is 0 Å². The number of nitrogens with one attached hydrogen (secondary N) is 2. The van der Waals surface area contributed by atoms with E-state index in [1.54, 1.807) is 24.3 Å². The number of carbonyl (C=O) groups excluding carboxylic acids is 1. The molecule has 0 atom stereocenters. The number of hydrogen-bond acceptors (Lipinski definition) is 6. The Morgan fingerprint density at radius 3 is 2.88 bits per heavy atom. The van der Waals surface area contributed by atoms with Crippen LogP contribution in [-0.2, 0) is 4.79 Å². The highest BCUT2D eigenvalue weighted by molar-refractivity contribution is 8.00. The maximum absolute atomic E-state index is 12.6. The number of thioether (sulfide) groups is 2. The average molecular weight is 398 g/mol. The van der Waals surface area contributed by atoms with Gasteiger partial charge in [0.2, 0.25) is 11.1 Å². The lowest BCUT2D eigenvalue weighted by Gasteiger charge is -2.09. The molecule has 0 saturated carbocycles. The van der Waals surface area contributed by atoms with E-state index in [-0.39, 0.29) is 11.7 Å². The number of aromatic nitrogens is 3. The van der Waals surface area contributed by atoms with E-state index >= 15 is 0 Å². The van der Waals surface area contributed by atoms with Crippen molar-refractivity contribution in [3.63, 3.8) is 0 Å². The number of para-hydroxylation sites is 1. The van der Waals surface area contributed by atoms with E-state index in [1.807, 2.05) is 17.5 Å². The van der Waals surface area contributed by atoms with Crippen LogP contribution in [0.5, 0.6) is 0 Å². The Kier molecular flexibility index (Phi) is 6.05. The van der Waals surface area contributed by atoms with Crippen LogP contribution in [0, 0.1) is 0 Å². The van der Waals surface area contributed by atoms with Gasteiger partial charge in [0.15, 0.2) is 5.82 Å². The van der Waals surface area contributed by atoms with Gasteiger partial charge in [0.05, 0.1) is 16.3 Å². The molecule has 2 aromatic heterocycles. The number of benzene rings is 1. The van der Waals surface area contributed by atoms with E-state index < -0.39 is 5.76 Å². The molecule has 0 aliphatic carbocycles. The zero-order valence-corrected chi connectivity index (χ0v) is 15.1. The lowest BCUT2D eigenvalue weighted by atomic mass is 10.3. The minimum atomic E-state index is -2.55. The molecule has 130 valence electrons. The standard InChI is InChI=1S/C15H12F2N4OS3/c16-14(17)25-10-5-2-1-4-9(10)18-12(22)8-24-15-19-13(20-21-15)11-6-3-7-23-11/h1-7,14H,8H2,(H,18,22)(H,19,20,21). The molecule has 0 aliphatic heterocycles. The number of rotatable bonds is 7. The number of carbonyl (C=O) groups is 1. The van der Waals surface area contributed by atoms with Crippen LogP contribution in [0.15, 0.2) is 51.8 Å². The molecular formula is C15H12F2N4OS3. The smallest absolute Gasteiger partial charge is 0.288 e. The Hall–Kier alpha value is -1.91. The predicted octanol–water partition coefficient (Wildman–Crippen LogP) is 4.58. The van der Waals surface area contributed by atoms with Crippen LogP contribution in [-0.4, -0.2) is 32.6 Å². The molecule has 1 amide bonds. The second-order valence-corrected chi connectivity index (χ2v) is 7.58. The van der Waals surface area contributed by atoms with Gasteiger partial charge in [-0.3, -0.25) is 9.89 Å². The fourth-order valence-electron chi connectivity index (χ4n) is 1.92. The number of amides is 1. The lowest BCUT2D eigenvalue weighted by molar-refractivity contribution is -0.113. The van der Waals surface area contributed by atoms with E-state index in [0.717, 1.165) is 4.88 Å². The van der Waals surface area contributed by atoms with E-state index in [4.69, 9.17) is 0 Å². The Morgan fingerprint density at radius 2 is 2.12 bits per heavy atom. The molecule has 3 aromatic rings. The van der Waals surface area contributed by atoms with Crippen LogP contribution >= 0.6 is 34.9 Å². The summed E-state index contributed by atoms with van der Waals surface area (Å²) in [4.78, 5) is 17.7. The molecule has 0 unspecified atom stereocenters. The van der Waals surface area contributed by atoms with Gasteiger partial charge in [0.25, 0.3) is 5.76 Å². The summed E-state index contributed by atoms with van der Waals surface area (Å²) in [6.45, 7) is 0. The summed E-state index contributed by atoms with van der Waals surface area (Å²) in [7, 11) is 0. The third-order valence-electron chi connectivity index (χ3n) is 2.93. The highest BCUT2D eigenvalue weighted by Crippen LogP contribution is 2.31. The van der Waals surface area contributed by atoms with Gasteiger partial charge in [0.1, 0.15) is 0 Å². The van der Waals surface area contributed by atoms with Crippen LogP contribution in [0.4, 0.5) is 14.5 Å². The number of anilines is 1. The molecule has 25 heavy (non-hydrogen) atoms. The van der Waals surface area contributed by atoms with Crippen molar-refractivity contribution < 1.29 is 13.6 Å². The summed E-state index contributed by atoms with van der Waals surface area (Å²) in [5.41, 5.74) is 0.368. The molecule has 2 N–H and O–H groups in total. The number of halogens is 2. The number of aromatic amines is 1. The molecule has 1 aromatic carbocycles. The van der Waals surface area contributed by atoms with E-state index in [1.165, 1.54) is 23.1 Å². The molecule has 2 heterocycles. The van der Waals surface area contributed by atoms with E-state index in [2.05, 4.69) is 20.5 Å². The number of thiophene rings is 1. The van der Waals surface area contributed by atoms with Crippen molar-refractivity contribution in [1.82, 2.24) is 15.2 Å².